The van der Waals surface area contributed by atoms with Crippen LogP contribution >= 0.6 is 11.6 Å². The number of halogens is 1. The third-order valence-corrected chi connectivity index (χ3v) is 5.13. The smallest absolute Gasteiger partial charge is 0.223 e. The summed E-state index contributed by atoms with van der Waals surface area (Å²) in [6.45, 7) is 2.75. The van der Waals surface area contributed by atoms with Crippen LogP contribution in [0.15, 0.2) is 48.5 Å². The van der Waals surface area contributed by atoms with E-state index in [2.05, 4.69) is 4.90 Å². The molecule has 142 valence electrons. The van der Waals surface area contributed by atoms with Crippen molar-refractivity contribution in [3.05, 3.63) is 59.1 Å². The standard InChI is InChI=1S/C21H23ClN2O3/c1-27-20-9-5-4-8-18(20)23-12-14-24(15-13-23)21(26)11-10-19(25)16-6-2-3-7-17(16)22/h2-9H,10-15H2,1H3. The van der Waals surface area contributed by atoms with Gasteiger partial charge in [0, 0.05) is 44.6 Å². The summed E-state index contributed by atoms with van der Waals surface area (Å²) in [4.78, 5) is 28.8. The van der Waals surface area contributed by atoms with Crippen LogP contribution in [-0.2, 0) is 4.79 Å². The van der Waals surface area contributed by atoms with Crippen molar-refractivity contribution in [3.63, 3.8) is 0 Å². The lowest BCUT2D eigenvalue weighted by Gasteiger charge is -2.36. The first-order chi connectivity index (χ1) is 13.1. The highest BCUT2D eigenvalue weighted by molar-refractivity contribution is 6.34. The second-order valence-electron chi connectivity index (χ2n) is 6.44. The fraction of sp³-hybridized carbons (Fsp3) is 0.333. The molecule has 0 aliphatic carbocycles. The maximum atomic E-state index is 12.5. The molecule has 0 saturated carbocycles. The van der Waals surface area contributed by atoms with Gasteiger partial charge in [-0.25, -0.2) is 0 Å². The quantitative estimate of drug-likeness (QED) is 0.711. The number of nitrogens with zero attached hydrogens (tertiary/aromatic N) is 2. The number of ketones is 1. The molecule has 6 heteroatoms. The van der Waals surface area contributed by atoms with E-state index in [9.17, 15) is 9.59 Å². The molecule has 1 aliphatic rings. The van der Waals surface area contributed by atoms with Gasteiger partial charge in [0.25, 0.3) is 0 Å². The van der Waals surface area contributed by atoms with E-state index in [0.717, 1.165) is 24.5 Å². The van der Waals surface area contributed by atoms with Crippen LogP contribution in [-0.4, -0.2) is 49.9 Å². The Hall–Kier alpha value is -2.53. The van der Waals surface area contributed by atoms with E-state index in [0.29, 0.717) is 23.7 Å². The zero-order valence-electron chi connectivity index (χ0n) is 15.4. The lowest BCUT2D eigenvalue weighted by atomic mass is 10.1. The van der Waals surface area contributed by atoms with Gasteiger partial charge in [0.05, 0.1) is 17.8 Å². The van der Waals surface area contributed by atoms with E-state index < -0.39 is 0 Å². The SMILES string of the molecule is COc1ccccc1N1CCN(C(=O)CCC(=O)c2ccccc2Cl)CC1. The zero-order valence-corrected chi connectivity index (χ0v) is 16.1. The minimum absolute atomic E-state index is 0.00933. The van der Waals surface area contributed by atoms with Gasteiger partial charge < -0.3 is 14.5 Å². The molecule has 2 aromatic rings. The highest BCUT2D eigenvalue weighted by Gasteiger charge is 2.23. The van der Waals surface area contributed by atoms with Gasteiger partial charge >= 0.3 is 0 Å². The second-order valence-corrected chi connectivity index (χ2v) is 6.85. The molecular formula is C21H23ClN2O3. The molecule has 0 radical (unpaired) electrons. The molecule has 0 aromatic heterocycles. The molecule has 0 bridgehead atoms. The molecule has 1 saturated heterocycles. The maximum absolute atomic E-state index is 12.5. The van der Waals surface area contributed by atoms with Crippen molar-refractivity contribution in [2.24, 2.45) is 0 Å². The van der Waals surface area contributed by atoms with Crippen molar-refractivity contribution in [1.82, 2.24) is 4.90 Å². The van der Waals surface area contributed by atoms with Crippen LogP contribution in [0.25, 0.3) is 0 Å². The van der Waals surface area contributed by atoms with Crippen molar-refractivity contribution < 1.29 is 14.3 Å². The Morgan fingerprint density at radius 3 is 2.33 bits per heavy atom. The van der Waals surface area contributed by atoms with Gasteiger partial charge in [0.1, 0.15) is 5.75 Å². The van der Waals surface area contributed by atoms with Gasteiger partial charge in [-0.2, -0.15) is 0 Å². The van der Waals surface area contributed by atoms with Gasteiger partial charge in [0.2, 0.25) is 5.91 Å². The molecule has 0 unspecified atom stereocenters. The molecular weight excluding hydrogens is 364 g/mol. The van der Waals surface area contributed by atoms with Crippen molar-refractivity contribution in [2.45, 2.75) is 12.8 Å². The lowest BCUT2D eigenvalue weighted by Crippen LogP contribution is -2.48. The molecule has 1 amide bonds. The fourth-order valence-electron chi connectivity index (χ4n) is 3.29. The largest absolute Gasteiger partial charge is 0.495 e. The van der Waals surface area contributed by atoms with Gasteiger partial charge in [-0.1, -0.05) is 35.9 Å². The van der Waals surface area contributed by atoms with Gasteiger partial charge in [-0.3, -0.25) is 9.59 Å². The first-order valence-electron chi connectivity index (χ1n) is 9.03. The number of Topliss-reactive ketones (excluding diaryl/α,β-unsaturated/α-hetero) is 1. The Labute approximate surface area is 164 Å². The predicted octanol–water partition coefficient (Wildman–Crippen LogP) is 3.66. The van der Waals surface area contributed by atoms with Crippen molar-refractivity contribution in [2.75, 3.05) is 38.2 Å². The molecule has 1 heterocycles. The lowest BCUT2D eigenvalue weighted by molar-refractivity contribution is -0.131. The monoisotopic (exact) mass is 386 g/mol. The number of ether oxygens (including phenoxy) is 1. The minimum Gasteiger partial charge on any atom is -0.495 e. The summed E-state index contributed by atoms with van der Waals surface area (Å²) in [5.41, 5.74) is 1.52. The Bertz CT molecular complexity index is 817. The molecule has 3 rings (SSSR count). The van der Waals surface area contributed by atoms with Crippen molar-refractivity contribution in [3.8, 4) is 5.75 Å². The number of hydrogen-bond donors (Lipinski definition) is 0. The zero-order chi connectivity index (χ0) is 19.2. The van der Waals surface area contributed by atoms with E-state index in [1.54, 1.807) is 31.4 Å². The number of carbonyl (C=O) groups excluding carboxylic acids is 2. The molecule has 5 nitrogen and oxygen atoms in total. The summed E-state index contributed by atoms with van der Waals surface area (Å²) < 4.78 is 5.42. The number of carbonyl (C=O) groups is 2. The number of anilines is 1. The highest BCUT2D eigenvalue weighted by Crippen LogP contribution is 2.28. The van der Waals surface area contributed by atoms with Crippen LogP contribution in [0, 0.1) is 0 Å². The minimum atomic E-state index is -0.0957. The number of para-hydroxylation sites is 2. The van der Waals surface area contributed by atoms with E-state index in [1.165, 1.54) is 0 Å². The van der Waals surface area contributed by atoms with E-state index in [4.69, 9.17) is 16.3 Å². The average molecular weight is 387 g/mol. The Kier molecular flexibility index (Phi) is 6.35. The number of rotatable bonds is 6. The third kappa shape index (κ3) is 4.61. The van der Waals surface area contributed by atoms with Crippen LogP contribution in [0.4, 0.5) is 5.69 Å². The van der Waals surface area contributed by atoms with Crippen LogP contribution in [0.1, 0.15) is 23.2 Å². The molecule has 1 aliphatic heterocycles. The molecule has 1 fully saturated rings. The number of amides is 1. The second kappa shape index (κ2) is 8.91. The Morgan fingerprint density at radius 2 is 1.63 bits per heavy atom. The maximum Gasteiger partial charge on any atom is 0.223 e. The van der Waals surface area contributed by atoms with E-state index in [-0.39, 0.29) is 24.5 Å². The third-order valence-electron chi connectivity index (χ3n) is 4.80. The van der Waals surface area contributed by atoms with Crippen molar-refractivity contribution >= 4 is 29.0 Å². The molecule has 0 atom stereocenters. The van der Waals surface area contributed by atoms with Gasteiger partial charge in [0.15, 0.2) is 5.78 Å². The number of benzene rings is 2. The average Bonchev–Trinajstić information content (AvgIpc) is 2.72. The van der Waals surface area contributed by atoms with Gasteiger partial charge in [-0.15, -0.1) is 0 Å². The van der Waals surface area contributed by atoms with Crippen LogP contribution in [0.3, 0.4) is 0 Å². The molecule has 2 aromatic carbocycles. The summed E-state index contributed by atoms with van der Waals surface area (Å²) in [5.74, 6) is 0.749. The topological polar surface area (TPSA) is 49.9 Å². The first kappa shape index (κ1) is 19.2. The van der Waals surface area contributed by atoms with E-state index >= 15 is 0 Å². The summed E-state index contributed by atoms with van der Waals surface area (Å²) >= 11 is 6.05. The molecule has 0 spiro atoms. The first-order valence-corrected chi connectivity index (χ1v) is 9.41. The summed E-state index contributed by atoms with van der Waals surface area (Å²) in [6.07, 6.45) is 0.383. The van der Waals surface area contributed by atoms with Crippen LogP contribution in [0.2, 0.25) is 5.02 Å². The number of piperazine rings is 1. The fourth-order valence-corrected chi connectivity index (χ4v) is 3.53. The van der Waals surface area contributed by atoms with Crippen molar-refractivity contribution in [1.29, 1.82) is 0 Å². The summed E-state index contributed by atoms with van der Waals surface area (Å²) in [5, 5.41) is 0.431. The van der Waals surface area contributed by atoms with Crippen LogP contribution < -0.4 is 9.64 Å². The number of methoxy groups -OCH3 is 1. The van der Waals surface area contributed by atoms with Gasteiger partial charge in [-0.05, 0) is 24.3 Å². The highest BCUT2D eigenvalue weighted by atomic mass is 35.5. The Balaban J connectivity index is 1.51. The van der Waals surface area contributed by atoms with E-state index in [1.807, 2.05) is 29.2 Å². The summed E-state index contributed by atoms with van der Waals surface area (Å²) in [6, 6.07) is 14.8. The number of hydrogen-bond acceptors (Lipinski definition) is 4. The molecule has 0 N–H and O–H groups in total. The normalized spacial score (nSPS) is 14.1. The molecule has 27 heavy (non-hydrogen) atoms. The predicted molar refractivity (Wildman–Crippen MR) is 107 cm³/mol. The Morgan fingerprint density at radius 1 is 0.963 bits per heavy atom. The van der Waals surface area contributed by atoms with Crippen LogP contribution in [0.5, 0.6) is 5.75 Å². The summed E-state index contributed by atoms with van der Waals surface area (Å²) in [7, 11) is 1.66.